The Bertz CT molecular complexity index is 462. The zero-order valence-electron chi connectivity index (χ0n) is 11.1. The summed E-state index contributed by atoms with van der Waals surface area (Å²) in [5.74, 6) is 0. The third-order valence-corrected chi connectivity index (χ3v) is 4.10. The summed E-state index contributed by atoms with van der Waals surface area (Å²) in [5.41, 5.74) is 2.83. The number of hydrogen-bond donors (Lipinski definition) is 1. The molecule has 0 aliphatic carbocycles. The highest BCUT2D eigenvalue weighted by Crippen LogP contribution is 2.22. The van der Waals surface area contributed by atoms with Gasteiger partial charge >= 0.3 is 0 Å². The van der Waals surface area contributed by atoms with E-state index in [1.54, 1.807) is 0 Å². The van der Waals surface area contributed by atoms with Gasteiger partial charge in [0.25, 0.3) is 0 Å². The number of nitrogens with one attached hydrogen (secondary N) is 1. The van der Waals surface area contributed by atoms with Crippen molar-refractivity contribution in [2.24, 2.45) is 0 Å². The van der Waals surface area contributed by atoms with E-state index in [1.165, 1.54) is 16.0 Å². The van der Waals surface area contributed by atoms with Crippen LogP contribution >= 0.6 is 11.3 Å². The second-order valence-electron chi connectivity index (χ2n) is 4.49. The summed E-state index contributed by atoms with van der Waals surface area (Å²) in [6, 6.07) is 13.7. The fourth-order valence-electron chi connectivity index (χ4n) is 2.21. The molecule has 1 nitrogen and oxygen atoms in total. The van der Waals surface area contributed by atoms with E-state index in [-0.39, 0.29) is 0 Å². The summed E-state index contributed by atoms with van der Waals surface area (Å²) in [6.45, 7) is 5.39. The van der Waals surface area contributed by atoms with Crippen LogP contribution in [0.4, 0.5) is 0 Å². The molecule has 0 fully saturated rings. The maximum atomic E-state index is 3.60. The summed E-state index contributed by atoms with van der Waals surface area (Å²) in [6.07, 6.45) is 2.18. The highest BCUT2D eigenvalue weighted by molar-refractivity contribution is 7.09. The summed E-state index contributed by atoms with van der Waals surface area (Å²) < 4.78 is 0. The molecule has 1 aromatic heterocycles. The first-order valence-corrected chi connectivity index (χ1v) is 7.56. The van der Waals surface area contributed by atoms with Crippen molar-refractivity contribution in [1.82, 2.24) is 5.32 Å². The largest absolute Gasteiger partial charge is 0.310 e. The topological polar surface area (TPSA) is 12.0 Å². The van der Waals surface area contributed by atoms with Gasteiger partial charge in [0, 0.05) is 17.3 Å². The Hall–Kier alpha value is -1.12. The molecule has 96 valence electrons. The molecule has 1 atom stereocenters. The number of thiophene rings is 1. The zero-order valence-corrected chi connectivity index (χ0v) is 12.0. The number of benzene rings is 1. The van der Waals surface area contributed by atoms with E-state index in [1.807, 2.05) is 11.3 Å². The molecule has 1 unspecified atom stereocenters. The normalized spacial score (nSPS) is 12.6. The van der Waals surface area contributed by atoms with Gasteiger partial charge in [0.05, 0.1) is 0 Å². The average Bonchev–Trinajstić information content (AvgIpc) is 2.91. The molecule has 0 aliphatic rings. The molecular formula is C16H21NS. The molecule has 0 radical (unpaired) electrons. The molecule has 2 rings (SSSR count). The Morgan fingerprint density at radius 1 is 1.17 bits per heavy atom. The van der Waals surface area contributed by atoms with Crippen molar-refractivity contribution in [2.45, 2.75) is 32.7 Å². The molecule has 1 aromatic carbocycles. The molecule has 0 spiro atoms. The van der Waals surface area contributed by atoms with E-state index in [2.05, 4.69) is 60.9 Å². The minimum absolute atomic E-state index is 0.431. The Kier molecular flexibility index (Phi) is 4.97. The first kappa shape index (κ1) is 13.3. The maximum absolute atomic E-state index is 3.60. The van der Waals surface area contributed by atoms with Crippen molar-refractivity contribution in [2.75, 3.05) is 6.54 Å². The van der Waals surface area contributed by atoms with E-state index in [0.717, 1.165) is 19.4 Å². The lowest BCUT2D eigenvalue weighted by atomic mass is 9.99. The van der Waals surface area contributed by atoms with E-state index in [4.69, 9.17) is 0 Å². The van der Waals surface area contributed by atoms with E-state index < -0.39 is 0 Å². The van der Waals surface area contributed by atoms with Crippen LogP contribution in [0.25, 0.3) is 0 Å². The van der Waals surface area contributed by atoms with Crippen molar-refractivity contribution >= 4 is 11.3 Å². The third-order valence-electron chi connectivity index (χ3n) is 3.20. The third kappa shape index (κ3) is 3.44. The van der Waals surface area contributed by atoms with Crippen molar-refractivity contribution in [3.8, 4) is 0 Å². The van der Waals surface area contributed by atoms with Crippen LogP contribution in [0.15, 0.2) is 41.8 Å². The summed E-state index contributed by atoms with van der Waals surface area (Å²) in [4.78, 5) is 1.45. The van der Waals surface area contributed by atoms with Gasteiger partial charge < -0.3 is 5.32 Å². The van der Waals surface area contributed by atoms with Crippen LogP contribution in [0.5, 0.6) is 0 Å². The molecule has 2 heteroatoms. The number of rotatable bonds is 6. The van der Waals surface area contributed by atoms with Gasteiger partial charge in [0.15, 0.2) is 0 Å². The number of hydrogen-bond acceptors (Lipinski definition) is 2. The van der Waals surface area contributed by atoms with E-state index >= 15 is 0 Å². The minimum atomic E-state index is 0.431. The van der Waals surface area contributed by atoms with Crippen LogP contribution in [0, 0.1) is 0 Å². The molecule has 0 aliphatic heterocycles. The van der Waals surface area contributed by atoms with Gasteiger partial charge in [-0.25, -0.2) is 0 Å². The van der Waals surface area contributed by atoms with Crippen molar-refractivity contribution in [3.63, 3.8) is 0 Å². The lowest BCUT2D eigenvalue weighted by molar-refractivity contribution is 0.553. The first-order valence-electron chi connectivity index (χ1n) is 6.68. The van der Waals surface area contributed by atoms with Crippen LogP contribution in [0.2, 0.25) is 0 Å². The van der Waals surface area contributed by atoms with Gasteiger partial charge in [-0.2, -0.15) is 0 Å². The van der Waals surface area contributed by atoms with Crippen molar-refractivity contribution < 1.29 is 0 Å². The molecule has 1 heterocycles. The van der Waals surface area contributed by atoms with Crippen molar-refractivity contribution in [3.05, 3.63) is 57.8 Å². The highest BCUT2D eigenvalue weighted by atomic mass is 32.1. The van der Waals surface area contributed by atoms with Crippen molar-refractivity contribution in [1.29, 1.82) is 0 Å². The van der Waals surface area contributed by atoms with Gasteiger partial charge in [-0.15, -0.1) is 11.3 Å². The molecule has 1 N–H and O–H groups in total. The van der Waals surface area contributed by atoms with Gasteiger partial charge in [0.1, 0.15) is 0 Å². The standard InChI is InChI=1S/C16H21NS/c1-3-13-7-5-8-14(11-13)16(17-4-2)12-15-9-6-10-18-15/h5-11,16-17H,3-4,12H2,1-2H3. The lowest BCUT2D eigenvalue weighted by Gasteiger charge is -2.18. The Morgan fingerprint density at radius 3 is 2.72 bits per heavy atom. The van der Waals surface area contributed by atoms with Crippen LogP contribution in [-0.4, -0.2) is 6.54 Å². The summed E-state index contributed by atoms with van der Waals surface area (Å²) in [5, 5.41) is 5.75. The van der Waals surface area contributed by atoms with Gasteiger partial charge in [-0.1, -0.05) is 44.2 Å². The molecule has 0 saturated carbocycles. The minimum Gasteiger partial charge on any atom is -0.310 e. The SMILES string of the molecule is CCNC(Cc1cccs1)c1cccc(CC)c1. The van der Waals surface area contributed by atoms with Crippen LogP contribution in [-0.2, 0) is 12.8 Å². The average molecular weight is 259 g/mol. The number of aryl methyl sites for hydroxylation is 1. The molecule has 18 heavy (non-hydrogen) atoms. The van der Waals surface area contributed by atoms with Gasteiger partial charge in [0.2, 0.25) is 0 Å². The molecule has 2 aromatic rings. The van der Waals surface area contributed by atoms with E-state index in [0.29, 0.717) is 6.04 Å². The summed E-state index contributed by atoms with van der Waals surface area (Å²) in [7, 11) is 0. The van der Waals surface area contributed by atoms with E-state index in [9.17, 15) is 0 Å². The fraction of sp³-hybridized carbons (Fsp3) is 0.375. The quantitative estimate of drug-likeness (QED) is 0.819. The number of likely N-dealkylation sites (N-methyl/N-ethyl adjacent to an activating group) is 1. The van der Waals surface area contributed by atoms with Crippen LogP contribution in [0.1, 0.15) is 35.9 Å². The Labute approximate surface area is 114 Å². The Morgan fingerprint density at radius 2 is 2.06 bits per heavy atom. The Balaban J connectivity index is 2.17. The maximum Gasteiger partial charge on any atom is 0.0368 e. The molecule has 0 bridgehead atoms. The second-order valence-corrected chi connectivity index (χ2v) is 5.52. The highest BCUT2D eigenvalue weighted by Gasteiger charge is 2.11. The monoisotopic (exact) mass is 259 g/mol. The first-order chi connectivity index (χ1) is 8.83. The predicted molar refractivity (Wildman–Crippen MR) is 80.3 cm³/mol. The zero-order chi connectivity index (χ0) is 12.8. The predicted octanol–water partition coefficient (Wildman–Crippen LogP) is 4.20. The van der Waals surface area contributed by atoms with Gasteiger partial charge in [-0.05, 0) is 35.5 Å². The lowest BCUT2D eigenvalue weighted by Crippen LogP contribution is -2.22. The van der Waals surface area contributed by atoms with Crippen LogP contribution in [0.3, 0.4) is 0 Å². The molecule has 0 amide bonds. The smallest absolute Gasteiger partial charge is 0.0368 e. The summed E-state index contributed by atoms with van der Waals surface area (Å²) >= 11 is 1.84. The fourth-order valence-corrected chi connectivity index (χ4v) is 2.97. The van der Waals surface area contributed by atoms with Crippen LogP contribution < -0.4 is 5.32 Å². The van der Waals surface area contributed by atoms with Gasteiger partial charge in [-0.3, -0.25) is 0 Å². The molecular weight excluding hydrogens is 238 g/mol. The molecule has 0 saturated heterocycles. The second kappa shape index (κ2) is 6.72.